The van der Waals surface area contributed by atoms with Crippen molar-refractivity contribution < 1.29 is 9.90 Å². The van der Waals surface area contributed by atoms with Crippen LogP contribution in [0.2, 0.25) is 0 Å². The first-order valence-electron chi connectivity index (χ1n) is 6.14. The lowest BCUT2D eigenvalue weighted by Crippen LogP contribution is -2.44. The lowest BCUT2D eigenvalue weighted by atomic mass is 9.93. The van der Waals surface area contributed by atoms with Crippen LogP contribution in [-0.4, -0.2) is 36.2 Å². The van der Waals surface area contributed by atoms with Crippen LogP contribution in [0.25, 0.3) is 0 Å². The highest BCUT2D eigenvalue weighted by Crippen LogP contribution is 2.28. The zero-order chi connectivity index (χ0) is 12.2. The van der Waals surface area contributed by atoms with E-state index in [9.17, 15) is 9.90 Å². The maximum absolute atomic E-state index is 11.3. The average molecular weight is 228 g/mol. The molecule has 1 saturated carbocycles. The summed E-state index contributed by atoms with van der Waals surface area (Å²) in [5.41, 5.74) is -0.680. The molecule has 0 aromatic heterocycles. The first-order valence-corrected chi connectivity index (χ1v) is 6.14. The fourth-order valence-electron chi connectivity index (χ4n) is 1.31. The maximum Gasteiger partial charge on any atom is 0.223 e. The van der Waals surface area contributed by atoms with Crippen LogP contribution in [0.4, 0.5) is 0 Å². The third-order valence-electron chi connectivity index (χ3n) is 3.28. The zero-order valence-corrected chi connectivity index (χ0v) is 10.5. The molecule has 4 nitrogen and oxygen atoms in total. The highest BCUT2D eigenvalue weighted by molar-refractivity contribution is 5.80. The van der Waals surface area contributed by atoms with Crippen molar-refractivity contribution in [2.45, 2.75) is 39.2 Å². The molecule has 1 aliphatic carbocycles. The molecule has 0 heterocycles. The lowest BCUT2D eigenvalue weighted by molar-refractivity contribution is -0.122. The Morgan fingerprint density at radius 3 is 2.56 bits per heavy atom. The van der Waals surface area contributed by atoms with Gasteiger partial charge in [-0.05, 0) is 25.7 Å². The number of hydrogen-bond acceptors (Lipinski definition) is 3. The van der Waals surface area contributed by atoms with E-state index in [0.717, 1.165) is 12.8 Å². The molecule has 0 saturated heterocycles. The van der Waals surface area contributed by atoms with Gasteiger partial charge >= 0.3 is 0 Å². The maximum atomic E-state index is 11.3. The molecule has 0 bridgehead atoms. The molecule has 16 heavy (non-hydrogen) atoms. The van der Waals surface area contributed by atoms with Gasteiger partial charge in [0.05, 0.1) is 5.60 Å². The van der Waals surface area contributed by atoms with Gasteiger partial charge in [-0.25, -0.2) is 0 Å². The number of carbonyl (C=O) groups is 1. The molecular weight excluding hydrogens is 204 g/mol. The van der Waals surface area contributed by atoms with Crippen LogP contribution in [0, 0.1) is 11.8 Å². The first-order chi connectivity index (χ1) is 7.43. The number of hydrogen-bond donors (Lipinski definition) is 3. The van der Waals surface area contributed by atoms with Gasteiger partial charge in [0, 0.05) is 25.6 Å². The van der Waals surface area contributed by atoms with E-state index in [0.29, 0.717) is 19.6 Å². The molecule has 94 valence electrons. The first kappa shape index (κ1) is 13.5. The second-order valence-electron chi connectivity index (χ2n) is 5.25. The predicted molar refractivity (Wildman–Crippen MR) is 64.1 cm³/mol. The summed E-state index contributed by atoms with van der Waals surface area (Å²) in [6.45, 7) is 7.73. The van der Waals surface area contributed by atoms with Crippen molar-refractivity contribution in [2.75, 3.05) is 19.6 Å². The third kappa shape index (κ3) is 4.49. The normalized spacial score (nSPS) is 19.6. The standard InChI is InChI=1S/C12H24N2O2/c1-9(2)12(3,16)8-13-6-7-14-11(15)10-4-5-10/h9-10,13,16H,4-8H2,1-3H3,(H,14,15). The van der Waals surface area contributed by atoms with Gasteiger partial charge in [-0.15, -0.1) is 0 Å². The van der Waals surface area contributed by atoms with Crippen molar-refractivity contribution >= 4 is 5.91 Å². The summed E-state index contributed by atoms with van der Waals surface area (Å²) in [6, 6.07) is 0. The minimum atomic E-state index is -0.680. The Balaban J connectivity index is 2.00. The Kier molecular flexibility index (Phi) is 4.74. The fraction of sp³-hybridized carbons (Fsp3) is 0.917. The molecular formula is C12H24N2O2. The van der Waals surface area contributed by atoms with Crippen LogP contribution in [0.15, 0.2) is 0 Å². The van der Waals surface area contributed by atoms with Crippen molar-refractivity contribution in [2.24, 2.45) is 11.8 Å². The SMILES string of the molecule is CC(C)C(C)(O)CNCCNC(=O)C1CC1. The smallest absolute Gasteiger partial charge is 0.223 e. The Hall–Kier alpha value is -0.610. The highest BCUT2D eigenvalue weighted by Gasteiger charge is 2.29. The quantitative estimate of drug-likeness (QED) is 0.556. The number of rotatable bonds is 7. The van der Waals surface area contributed by atoms with Gasteiger partial charge in [-0.2, -0.15) is 0 Å². The van der Waals surface area contributed by atoms with E-state index in [1.54, 1.807) is 0 Å². The van der Waals surface area contributed by atoms with Crippen molar-refractivity contribution in [3.63, 3.8) is 0 Å². The number of aliphatic hydroxyl groups is 1. The highest BCUT2D eigenvalue weighted by atomic mass is 16.3. The molecule has 1 aliphatic rings. The number of carbonyl (C=O) groups excluding carboxylic acids is 1. The van der Waals surface area contributed by atoms with Gasteiger partial charge in [-0.1, -0.05) is 13.8 Å². The number of amides is 1. The molecule has 0 aliphatic heterocycles. The van der Waals surface area contributed by atoms with Gasteiger partial charge in [0.1, 0.15) is 0 Å². The topological polar surface area (TPSA) is 61.4 Å². The summed E-state index contributed by atoms with van der Waals surface area (Å²) in [4.78, 5) is 11.3. The molecule has 4 heteroatoms. The fourth-order valence-corrected chi connectivity index (χ4v) is 1.31. The summed E-state index contributed by atoms with van der Waals surface area (Å²) in [5.74, 6) is 0.678. The van der Waals surface area contributed by atoms with Crippen LogP contribution in [0.3, 0.4) is 0 Å². The summed E-state index contributed by atoms with van der Waals surface area (Å²) >= 11 is 0. The van der Waals surface area contributed by atoms with Gasteiger partial charge in [-0.3, -0.25) is 4.79 Å². The van der Waals surface area contributed by atoms with Gasteiger partial charge in [0.2, 0.25) is 5.91 Å². The minimum Gasteiger partial charge on any atom is -0.389 e. The average Bonchev–Trinajstić information content (AvgIpc) is 2.99. The van der Waals surface area contributed by atoms with Crippen molar-refractivity contribution in [1.82, 2.24) is 10.6 Å². The van der Waals surface area contributed by atoms with E-state index in [1.807, 2.05) is 20.8 Å². The second kappa shape index (κ2) is 5.64. The van der Waals surface area contributed by atoms with E-state index in [-0.39, 0.29) is 17.7 Å². The van der Waals surface area contributed by atoms with Crippen LogP contribution < -0.4 is 10.6 Å². The lowest BCUT2D eigenvalue weighted by Gasteiger charge is -2.27. The third-order valence-corrected chi connectivity index (χ3v) is 3.28. The van der Waals surface area contributed by atoms with Crippen LogP contribution in [0.1, 0.15) is 33.6 Å². The molecule has 0 aromatic carbocycles. The van der Waals surface area contributed by atoms with E-state index < -0.39 is 5.60 Å². The summed E-state index contributed by atoms with van der Waals surface area (Å²) < 4.78 is 0. The van der Waals surface area contributed by atoms with Gasteiger partial charge < -0.3 is 15.7 Å². The van der Waals surface area contributed by atoms with Gasteiger partial charge in [0.25, 0.3) is 0 Å². The van der Waals surface area contributed by atoms with E-state index in [1.165, 1.54) is 0 Å². The second-order valence-corrected chi connectivity index (χ2v) is 5.25. The molecule has 0 spiro atoms. The minimum absolute atomic E-state index is 0.178. The largest absolute Gasteiger partial charge is 0.389 e. The van der Waals surface area contributed by atoms with Crippen molar-refractivity contribution in [1.29, 1.82) is 0 Å². The summed E-state index contributed by atoms with van der Waals surface area (Å²) in [5, 5.41) is 16.0. The Morgan fingerprint density at radius 1 is 1.44 bits per heavy atom. The summed E-state index contributed by atoms with van der Waals surface area (Å²) in [6.07, 6.45) is 2.09. The molecule has 1 unspecified atom stereocenters. The molecule has 1 amide bonds. The monoisotopic (exact) mass is 228 g/mol. The predicted octanol–water partition coefficient (Wildman–Crippen LogP) is 0.509. The Labute approximate surface area is 97.8 Å². The van der Waals surface area contributed by atoms with E-state index in [2.05, 4.69) is 10.6 Å². The van der Waals surface area contributed by atoms with Crippen LogP contribution in [-0.2, 0) is 4.79 Å². The van der Waals surface area contributed by atoms with Crippen molar-refractivity contribution in [3.8, 4) is 0 Å². The van der Waals surface area contributed by atoms with E-state index >= 15 is 0 Å². The zero-order valence-electron chi connectivity index (χ0n) is 10.5. The molecule has 1 atom stereocenters. The summed E-state index contributed by atoms with van der Waals surface area (Å²) in [7, 11) is 0. The molecule has 0 aromatic rings. The van der Waals surface area contributed by atoms with Crippen molar-refractivity contribution in [3.05, 3.63) is 0 Å². The molecule has 3 N–H and O–H groups in total. The van der Waals surface area contributed by atoms with Crippen LogP contribution >= 0.6 is 0 Å². The van der Waals surface area contributed by atoms with Crippen LogP contribution in [0.5, 0.6) is 0 Å². The molecule has 0 radical (unpaired) electrons. The Morgan fingerprint density at radius 2 is 2.06 bits per heavy atom. The Bertz CT molecular complexity index is 235. The van der Waals surface area contributed by atoms with E-state index in [4.69, 9.17) is 0 Å². The van der Waals surface area contributed by atoms with Gasteiger partial charge in [0.15, 0.2) is 0 Å². The molecule has 1 fully saturated rings. The molecule has 1 rings (SSSR count). The number of nitrogens with one attached hydrogen (secondary N) is 2.